The van der Waals surface area contributed by atoms with Gasteiger partial charge >= 0.3 is 0 Å². The van der Waals surface area contributed by atoms with Crippen LogP contribution in [0.15, 0.2) is 24.9 Å². The van der Waals surface area contributed by atoms with Crippen LogP contribution < -0.4 is 5.32 Å². The molecule has 0 atom stereocenters. The van der Waals surface area contributed by atoms with Crippen molar-refractivity contribution < 1.29 is 0 Å². The number of hydrogen-bond donors (Lipinski definition) is 1. The molecule has 0 aromatic carbocycles. The lowest BCUT2D eigenvalue weighted by molar-refractivity contribution is 1.15. The zero-order chi connectivity index (χ0) is 8.10. The number of aromatic nitrogens is 1. The fourth-order valence-corrected chi connectivity index (χ4v) is 0.898. The third-order valence-electron chi connectivity index (χ3n) is 1.40. The summed E-state index contributed by atoms with van der Waals surface area (Å²) in [6.07, 6.45) is 3.57. The average molecular weight is 148 g/mol. The first-order valence-electron chi connectivity index (χ1n) is 3.69. The van der Waals surface area contributed by atoms with Crippen LogP contribution in [0.1, 0.15) is 12.5 Å². The highest BCUT2D eigenvalue weighted by Gasteiger charge is 1.94. The van der Waals surface area contributed by atoms with Crippen molar-refractivity contribution in [3.63, 3.8) is 0 Å². The van der Waals surface area contributed by atoms with E-state index in [0.29, 0.717) is 0 Å². The number of nitrogens with zero attached hydrogens (tertiary/aromatic N) is 1. The SMILES string of the molecule is C=Cc1cccnc1NCC. The zero-order valence-electron chi connectivity index (χ0n) is 6.67. The van der Waals surface area contributed by atoms with E-state index < -0.39 is 0 Å². The molecule has 0 aliphatic carbocycles. The Morgan fingerprint density at radius 1 is 1.73 bits per heavy atom. The Morgan fingerprint density at radius 2 is 2.55 bits per heavy atom. The Hall–Kier alpha value is -1.31. The Bertz CT molecular complexity index is 243. The summed E-state index contributed by atoms with van der Waals surface area (Å²) in [4.78, 5) is 4.16. The predicted octanol–water partition coefficient (Wildman–Crippen LogP) is 2.16. The summed E-state index contributed by atoms with van der Waals surface area (Å²) >= 11 is 0. The molecule has 2 heteroatoms. The Morgan fingerprint density at radius 3 is 3.18 bits per heavy atom. The second-order valence-electron chi connectivity index (χ2n) is 2.18. The van der Waals surface area contributed by atoms with Gasteiger partial charge in [-0.25, -0.2) is 4.98 Å². The standard InChI is InChI=1S/C9H12N2/c1-3-8-6-5-7-11-9(8)10-4-2/h3,5-7H,1,4H2,2H3,(H,10,11). The maximum Gasteiger partial charge on any atom is 0.133 e. The van der Waals surface area contributed by atoms with Crippen LogP contribution in [0.3, 0.4) is 0 Å². The first-order valence-corrected chi connectivity index (χ1v) is 3.69. The van der Waals surface area contributed by atoms with Crippen LogP contribution in [0.2, 0.25) is 0 Å². The van der Waals surface area contributed by atoms with E-state index in [0.717, 1.165) is 17.9 Å². The zero-order valence-corrected chi connectivity index (χ0v) is 6.67. The van der Waals surface area contributed by atoms with Gasteiger partial charge in [-0.05, 0) is 19.1 Å². The highest BCUT2D eigenvalue weighted by Crippen LogP contribution is 2.11. The largest absolute Gasteiger partial charge is 0.370 e. The lowest BCUT2D eigenvalue weighted by Crippen LogP contribution is -2.00. The van der Waals surface area contributed by atoms with E-state index in [4.69, 9.17) is 0 Å². The van der Waals surface area contributed by atoms with Crippen LogP contribution in [0.25, 0.3) is 6.08 Å². The van der Waals surface area contributed by atoms with E-state index in [1.54, 1.807) is 12.3 Å². The molecule has 1 rings (SSSR count). The van der Waals surface area contributed by atoms with E-state index in [9.17, 15) is 0 Å². The Balaban J connectivity index is 2.92. The molecule has 58 valence electrons. The van der Waals surface area contributed by atoms with E-state index >= 15 is 0 Å². The first-order chi connectivity index (χ1) is 5.38. The monoisotopic (exact) mass is 148 g/mol. The first kappa shape index (κ1) is 7.79. The van der Waals surface area contributed by atoms with Crippen LogP contribution in [-0.2, 0) is 0 Å². The molecule has 1 aromatic heterocycles. The number of nitrogens with one attached hydrogen (secondary N) is 1. The van der Waals surface area contributed by atoms with Crippen molar-refractivity contribution in [3.8, 4) is 0 Å². The van der Waals surface area contributed by atoms with Crippen molar-refractivity contribution in [2.45, 2.75) is 6.92 Å². The van der Waals surface area contributed by atoms with Crippen molar-refractivity contribution in [3.05, 3.63) is 30.5 Å². The van der Waals surface area contributed by atoms with Gasteiger partial charge in [0.2, 0.25) is 0 Å². The molecule has 0 saturated carbocycles. The van der Waals surface area contributed by atoms with E-state index in [1.165, 1.54) is 0 Å². The third-order valence-corrected chi connectivity index (χ3v) is 1.40. The fraction of sp³-hybridized carbons (Fsp3) is 0.222. The third kappa shape index (κ3) is 1.80. The topological polar surface area (TPSA) is 24.9 Å². The summed E-state index contributed by atoms with van der Waals surface area (Å²) in [6.45, 7) is 6.62. The second kappa shape index (κ2) is 3.76. The molecule has 0 saturated heterocycles. The van der Waals surface area contributed by atoms with Crippen LogP contribution in [0.4, 0.5) is 5.82 Å². The minimum Gasteiger partial charge on any atom is -0.370 e. The van der Waals surface area contributed by atoms with Gasteiger partial charge in [-0.1, -0.05) is 12.7 Å². The summed E-state index contributed by atoms with van der Waals surface area (Å²) in [6, 6.07) is 3.88. The maximum atomic E-state index is 4.16. The molecule has 0 unspecified atom stereocenters. The van der Waals surface area contributed by atoms with Gasteiger partial charge in [-0.2, -0.15) is 0 Å². The molecule has 0 aliphatic heterocycles. The molecule has 1 heterocycles. The van der Waals surface area contributed by atoms with Gasteiger partial charge in [0, 0.05) is 18.3 Å². The van der Waals surface area contributed by atoms with Crippen molar-refractivity contribution in [1.29, 1.82) is 0 Å². The Labute approximate surface area is 67.0 Å². The molecule has 0 spiro atoms. The van der Waals surface area contributed by atoms with Crippen LogP contribution in [0.5, 0.6) is 0 Å². The fourth-order valence-electron chi connectivity index (χ4n) is 0.898. The number of rotatable bonds is 3. The molecular weight excluding hydrogens is 136 g/mol. The molecule has 0 aliphatic rings. The van der Waals surface area contributed by atoms with Gasteiger partial charge in [0.15, 0.2) is 0 Å². The molecule has 1 aromatic rings. The van der Waals surface area contributed by atoms with Gasteiger partial charge in [0.05, 0.1) is 0 Å². The average Bonchev–Trinajstić information content (AvgIpc) is 2.06. The minimum absolute atomic E-state index is 0.887. The highest BCUT2D eigenvalue weighted by atomic mass is 15.0. The molecule has 0 fully saturated rings. The quantitative estimate of drug-likeness (QED) is 0.710. The minimum atomic E-state index is 0.887. The molecular formula is C9H12N2. The lowest BCUT2D eigenvalue weighted by Gasteiger charge is -2.04. The second-order valence-corrected chi connectivity index (χ2v) is 2.18. The van der Waals surface area contributed by atoms with Crippen molar-refractivity contribution in [1.82, 2.24) is 4.98 Å². The van der Waals surface area contributed by atoms with Crippen molar-refractivity contribution in [2.75, 3.05) is 11.9 Å². The van der Waals surface area contributed by atoms with Gasteiger partial charge < -0.3 is 5.32 Å². The van der Waals surface area contributed by atoms with Crippen molar-refractivity contribution in [2.24, 2.45) is 0 Å². The van der Waals surface area contributed by atoms with E-state index in [2.05, 4.69) is 16.9 Å². The summed E-state index contributed by atoms with van der Waals surface area (Å²) < 4.78 is 0. The highest BCUT2D eigenvalue weighted by molar-refractivity contribution is 5.61. The molecule has 1 N–H and O–H groups in total. The van der Waals surface area contributed by atoms with Crippen LogP contribution in [0, 0.1) is 0 Å². The molecule has 0 amide bonds. The maximum absolute atomic E-state index is 4.16. The van der Waals surface area contributed by atoms with Gasteiger partial charge in [-0.15, -0.1) is 0 Å². The molecule has 0 radical (unpaired) electrons. The van der Waals surface area contributed by atoms with Crippen molar-refractivity contribution >= 4 is 11.9 Å². The Kier molecular flexibility index (Phi) is 2.66. The van der Waals surface area contributed by atoms with E-state index in [1.807, 2.05) is 19.1 Å². The lowest BCUT2D eigenvalue weighted by atomic mass is 10.2. The predicted molar refractivity (Wildman–Crippen MR) is 48.5 cm³/mol. The normalized spacial score (nSPS) is 9.18. The number of anilines is 1. The molecule has 11 heavy (non-hydrogen) atoms. The summed E-state index contributed by atoms with van der Waals surface area (Å²) in [5, 5.41) is 3.14. The van der Waals surface area contributed by atoms with Gasteiger partial charge in [0.25, 0.3) is 0 Å². The summed E-state index contributed by atoms with van der Waals surface area (Å²) in [5.74, 6) is 0.907. The van der Waals surface area contributed by atoms with Crippen LogP contribution in [-0.4, -0.2) is 11.5 Å². The molecule has 2 nitrogen and oxygen atoms in total. The van der Waals surface area contributed by atoms with Crippen LogP contribution >= 0.6 is 0 Å². The summed E-state index contributed by atoms with van der Waals surface area (Å²) in [7, 11) is 0. The number of hydrogen-bond acceptors (Lipinski definition) is 2. The van der Waals surface area contributed by atoms with E-state index in [-0.39, 0.29) is 0 Å². The number of pyridine rings is 1. The molecule has 0 bridgehead atoms. The van der Waals surface area contributed by atoms with Gasteiger partial charge in [-0.3, -0.25) is 0 Å². The smallest absolute Gasteiger partial charge is 0.133 e. The summed E-state index contributed by atoms with van der Waals surface area (Å²) in [5.41, 5.74) is 1.05. The van der Waals surface area contributed by atoms with Gasteiger partial charge in [0.1, 0.15) is 5.82 Å².